The van der Waals surface area contributed by atoms with E-state index in [9.17, 15) is 4.79 Å². The molecule has 0 unspecified atom stereocenters. The highest BCUT2D eigenvalue weighted by Gasteiger charge is 2.19. The van der Waals surface area contributed by atoms with Crippen molar-refractivity contribution in [2.45, 2.75) is 26.2 Å². The first-order valence-electron chi connectivity index (χ1n) is 10.4. The van der Waals surface area contributed by atoms with Crippen LogP contribution in [0.4, 0.5) is 5.88 Å². The smallest absolute Gasteiger partial charge is 0.250 e. The van der Waals surface area contributed by atoms with Crippen LogP contribution in [0.5, 0.6) is 11.5 Å². The fourth-order valence-corrected chi connectivity index (χ4v) is 3.01. The normalized spacial score (nSPS) is 13.7. The molecule has 8 nitrogen and oxygen atoms in total. The lowest BCUT2D eigenvalue weighted by molar-refractivity contribution is -0.112. The molecule has 4 rings (SSSR count). The summed E-state index contributed by atoms with van der Waals surface area (Å²) in [7, 11) is 0. The van der Waals surface area contributed by atoms with Crippen LogP contribution < -0.4 is 15.4 Å². The predicted molar refractivity (Wildman–Crippen MR) is 123 cm³/mol. The Morgan fingerprint density at radius 1 is 1.19 bits per heavy atom. The molecule has 3 aromatic rings. The molecule has 0 saturated heterocycles. The van der Waals surface area contributed by atoms with Gasteiger partial charge in [0.1, 0.15) is 23.0 Å². The molecule has 3 heterocycles. The van der Waals surface area contributed by atoms with Crippen LogP contribution in [0.15, 0.2) is 64.3 Å². The average molecular weight is 431 g/mol. The highest BCUT2D eigenvalue weighted by atomic mass is 16.5. The number of amides is 1. The van der Waals surface area contributed by atoms with Crippen LogP contribution in [0.2, 0.25) is 0 Å². The number of nitrogens with zero attached hydrogens (tertiary/aromatic N) is 3. The Kier molecular flexibility index (Phi) is 6.02. The summed E-state index contributed by atoms with van der Waals surface area (Å²) in [5.74, 6) is 2.09. The predicted octanol–water partition coefficient (Wildman–Crippen LogP) is 4.16. The van der Waals surface area contributed by atoms with Gasteiger partial charge in [0.05, 0.1) is 12.2 Å². The van der Waals surface area contributed by atoms with Crippen LogP contribution in [0.1, 0.15) is 37.7 Å². The van der Waals surface area contributed by atoms with E-state index in [-0.39, 0.29) is 11.3 Å². The monoisotopic (exact) mass is 431 g/mol. The van der Waals surface area contributed by atoms with Crippen molar-refractivity contribution < 1.29 is 14.1 Å². The quantitative estimate of drug-likeness (QED) is 0.568. The molecular formula is C24H25N5O3. The van der Waals surface area contributed by atoms with E-state index in [4.69, 9.17) is 9.26 Å². The number of hydrogen-bond donors (Lipinski definition) is 2. The lowest BCUT2D eigenvalue weighted by Gasteiger charge is -2.12. The number of aliphatic imine (C=N–C) groups is 1. The molecule has 0 atom stereocenters. The van der Waals surface area contributed by atoms with Gasteiger partial charge in [0.2, 0.25) is 5.88 Å². The number of hydrogen-bond acceptors (Lipinski definition) is 7. The zero-order valence-corrected chi connectivity index (χ0v) is 18.3. The van der Waals surface area contributed by atoms with Gasteiger partial charge in [-0.3, -0.25) is 20.1 Å². The molecule has 0 bridgehead atoms. The summed E-state index contributed by atoms with van der Waals surface area (Å²) in [6, 6.07) is 12.8. The number of carbonyl (C=O) groups excluding carboxylic acids is 1. The third kappa shape index (κ3) is 5.40. The molecule has 1 aromatic carbocycles. The van der Waals surface area contributed by atoms with Crippen molar-refractivity contribution in [1.29, 1.82) is 0 Å². The first-order valence-corrected chi connectivity index (χ1v) is 10.4. The maximum Gasteiger partial charge on any atom is 0.250 e. The zero-order chi connectivity index (χ0) is 22.6. The summed E-state index contributed by atoms with van der Waals surface area (Å²) in [6.45, 7) is 7.64. The Morgan fingerprint density at radius 2 is 2.03 bits per heavy atom. The van der Waals surface area contributed by atoms with Crippen LogP contribution in [0.3, 0.4) is 0 Å². The maximum absolute atomic E-state index is 12.2. The SMILES string of the molecule is CC(C)(C)c1cc(NC(=O)C=Cc2cccc(Oc3ccnc(C4=NCCN4)c3)c2)on1. The number of aromatic nitrogens is 2. The van der Waals surface area contributed by atoms with Gasteiger partial charge >= 0.3 is 0 Å². The van der Waals surface area contributed by atoms with Gasteiger partial charge in [0.15, 0.2) is 0 Å². The molecule has 0 fully saturated rings. The molecule has 0 radical (unpaired) electrons. The second-order valence-corrected chi connectivity index (χ2v) is 8.36. The molecule has 0 aliphatic carbocycles. The molecule has 2 N–H and O–H groups in total. The fraction of sp³-hybridized carbons (Fsp3) is 0.250. The highest BCUT2D eigenvalue weighted by molar-refractivity contribution is 6.01. The van der Waals surface area contributed by atoms with Gasteiger partial charge in [-0.25, -0.2) is 0 Å². The summed E-state index contributed by atoms with van der Waals surface area (Å²) < 4.78 is 11.2. The number of anilines is 1. The van der Waals surface area contributed by atoms with Gasteiger partial charge in [-0.15, -0.1) is 0 Å². The first-order chi connectivity index (χ1) is 15.4. The van der Waals surface area contributed by atoms with E-state index in [0.717, 1.165) is 35.9 Å². The Labute approximate surface area is 186 Å². The third-order valence-electron chi connectivity index (χ3n) is 4.69. The molecule has 0 spiro atoms. The van der Waals surface area contributed by atoms with Crippen LogP contribution in [-0.4, -0.2) is 35.0 Å². The molecule has 164 valence electrons. The first kappa shape index (κ1) is 21.3. The van der Waals surface area contributed by atoms with E-state index >= 15 is 0 Å². The van der Waals surface area contributed by atoms with Crippen molar-refractivity contribution in [1.82, 2.24) is 15.5 Å². The molecular weight excluding hydrogens is 406 g/mol. The summed E-state index contributed by atoms with van der Waals surface area (Å²) in [5, 5.41) is 9.88. The second kappa shape index (κ2) is 9.05. The van der Waals surface area contributed by atoms with Crippen LogP contribution >= 0.6 is 0 Å². The van der Waals surface area contributed by atoms with Gasteiger partial charge in [-0.05, 0) is 29.8 Å². The Hall–Kier alpha value is -3.94. The maximum atomic E-state index is 12.2. The van der Waals surface area contributed by atoms with Crippen molar-refractivity contribution in [2.24, 2.45) is 4.99 Å². The minimum Gasteiger partial charge on any atom is -0.457 e. The molecule has 1 amide bonds. The van der Waals surface area contributed by atoms with Crippen LogP contribution in [0.25, 0.3) is 6.08 Å². The van der Waals surface area contributed by atoms with E-state index in [1.165, 1.54) is 6.08 Å². The van der Waals surface area contributed by atoms with Gasteiger partial charge in [0, 0.05) is 36.4 Å². The lowest BCUT2D eigenvalue weighted by Crippen LogP contribution is -2.20. The number of amidine groups is 1. The zero-order valence-electron chi connectivity index (χ0n) is 18.3. The van der Waals surface area contributed by atoms with Crippen molar-refractivity contribution >= 4 is 23.7 Å². The van der Waals surface area contributed by atoms with Crippen LogP contribution in [0, 0.1) is 0 Å². The topological polar surface area (TPSA) is 102 Å². The van der Waals surface area contributed by atoms with Gasteiger partial charge in [-0.2, -0.15) is 0 Å². The molecule has 0 saturated carbocycles. The number of nitrogens with one attached hydrogen (secondary N) is 2. The summed E-state index contributed by atoms with van der Waals surface area (Å²) in [4.78, 5) is 21.0. The standard InChI is InChI=1S/C24H25N5O3/c1-24(2,3)20-15-22(32-29-20)28-21(30)8-7-16-5-4-6-17(13-16)31-18-9-10-25-19(14-18)23-26-11-12-27-23/h4-10,13-15H,11-12H2,1-3H3,(H,26,27)(H,28,30). The van der Waals surface area contributed by atoms with Gasteiger partial charge in [0.25, 0.3) is 5.91 Å². The number of benzene rings is 1. The lowest BCUT2D eigenvalue weighted by atomic mass is 9.92. The molecule has 1 aliphatic rings. The summed E-state index contributed by atoms with van der Waals surface area (Å²) in [5.41, 5.74) is 2.19. The summed E-state index contributed by atoms with van der Waals surface area (Å²) in [6.07, 6.45) is 4.83. The van der Waals surface area contributed by atoms with Crippen molar-refractivity contribution in [3.63, 3.8) is 0 Å². The molecule has 32 heavy (non-hydrogen) atoms. The fourth-order valence-electron chi connectivity index (χ4n) is 3.01. The van der Waals surface area contributed by atoms with Gasteiger partial charge in [-0.1, -0.05) is 38.1 Å². The van der Waals surface area contributed by atoms with E-state index in [2.05, 4.69) is 25.8 Å². The molecule has 1 aliphatic heterocycles. The number of carbonyl (C=O) groups is 1. The Morgan fingerprint density at radius 3 is 2.78 bits per heavy atom. The second-order valence-electron chi connectivity index (χ2n) is 8.36. The average Bonchev–Trinajstić information content (AvgIpc) is 3.45. The number of rotatable bonds is 6. The third-order valence-corrected chi connectivity index (χ3v) is 4.69. The summed E-state index contributed by atoms with van der Waals surface area (Å²) >= 11 is 0. The van der Waals surface area contributed by atoms with Crippen molar-refractivity contribution in [3.8, 4) is 11.5 Å². The molecule has 8 heteroatoms. The molecule has 2 aromatic heterocycles. The highest BCUT2D eigenvalue weighted by Crippen LogP contribution is 2.25. The Balaban J connectivity index is 1.39. The van der Waals surface area contributed by atoms with Crippen molar-refractivity contribution in [2.75, 3.05) is 18.4 Å². The number of pyridine rings is 1. The van der Waals surface area contributed by atoms with E-state index in [1.54, 1.807) is 24.4 Å². The van der Waals surface area contributed by atoms with Gasteiger partial charge < -0.3 is 14.6 Å². The Bertz CT molecular complexity index is 1170. The van der Waals surface area contributed by atoms with E-state index in [0.29, 0.717) is 17.4 Å². The van der Waals surface area contributed by atoms with E-state index in [1.807, 2.05) is 51.1 Å². The van der Waals surface area contributed by atoms with E-state index < -0.39 is 0 Å². The number of ether oxygens (including phenoxy) is 1. The minimum absolute atomic E-state index is 0.153. The van der Waals surface area contributed by atoms with Crippen LogP contribution in [-0.2, 0) is 10.2 Å². The van der Waals surface area contributed by atoms with Crippen molar-refractivity contribution in [3.05, 3.63) is 71.7 Å². The largest absolute Gasteiger partial charge is 0.457 e. The minimum atomic E-state index is -0.309.